The van der Waals surface area contributed by atoms with E-state index in [2.05, 4.69) is 16.0 Å². The number of anilines is 2. The van der Waals surface area contributed by atoms with Crippen molar-refractivity contribution >= 4 is 29.1 Å². The fourth-order valence-electron chi connectivity index (χ4n) is 3.05. The SMILES string of the molecule is COc1ccccc1CNC(=O)C1CC1C(=O)Nc1cccc(NC(C)=O)c1. The molecule has 2 atom stereocenters. The third kappa shape index (κ3) is 4.88. The van der Waals surface area contributed by atoms with Gasteiger partial charge in [0.05, 0.1) is 18.9 Å². The minimum atomic E-state index is -0.345. The molecule has 7 nitrogen and oxygen atoms in total. The Morgan fingerprint density at radius 3 is 2.36 bits per heavy atom. The minimum Gasteiger partial charge on any atom is -0.496 e. The first-order chi connectivity index (χ1) is 13.5. The molecule has 0 aliphatic heterocycles. The smallest absolute Gasteiger partial charge is 0.228 e. The number of rotatable bonds is 7. The minimum absolute atomic E-state index is 0.141. The molecule has 7 heteroatoms. The average Bonchev–Trinajstić information content (AvgIpc) is 3.47. The largest absolute Gasteiger partial charge is 0.496 e. The molecule has 1 aliphatic rings. The molecule has 1 saturated carbocycles. The Hall–Kier alpha value is -3.35. The molecule has 0 aromatic heterocycles. The van der Waals surface area contributed by atoms with E-state index in [1.165, 1.54) is 6.92 Å². The lowest BCUT2D eigenvalue weighted by atomic mass is 10.2. The van der Waals surface area contributed by atoms with E-state index < -0.39 is 0 Å². The van der Waals surface area contributed by atoms with Crippen molar-refractivity contribution in [3.05, 3.63) is 54.1 Å². The maximum atomic E-state index is 12.4. The lowest BCUT2D eigenvalue weighted by Gasteiger charge is -2.10. The Labute approximate surface area is 163 Å². The van der Waals surface area contributed by atoms with Gasteiger partial charge in [-0.2, -0.15) is 0 Å². The third-order valence-electron chi connectivity index (χ3n) is 4.56. The average molecular weight is 381 g/mol. The van der Waals surface area contributed by atoms with Gasteiger partial charge in [0.25, 0.3) is 0 Å². The van der Waals surface area contributed by atoms with E-state index in [1.54, 1.807) is 31.4 Å². The van der Waals surface area contributed by atoms with Crippen LogP contribution >= 0.6 is 0 Å². The number of hydrogen-bond donors (Lipinski definition) is 3. The van der Waals surface area contributed by atoms with Gasteiger partial charge in [0.15, 0.2) is 0 Å². The topological polar surface area (TPSA) is 96.5 Å². The Morgan fingerprint density at radius 1 is 0.964 bits per heavy atom. The van der Waals surface area contributed by atoms with Crippen LogP contribution in [0.25, 0.3) is 0 Å². The molecular formula is C21H23N3O4. The van der Waals surface area contributed by atoms with Gasteiger partial charge in [-0.25, -0.2) is 0 Å². The van der Waals surface area contributed by atoms with Crippen LogP contribution in [0.3, 0.4) is 0 Å². The molecule has 0 bridgehead atoms. The second kappa shape index (κ2) is 8.56. The molecule has 2 aromatic carbocycles. The second-order valence-electron chi connectivity index (χ2n) is 6.73. The van der Waals surface area contributed by atoms with E-state index in [4.69, 9.17) is 4.74 Å². The van der Waals surface area contributed by atoms with Gasteiger partial charge in [0.1, 0.15) is 5.75 Å². The highest BCUT2D eigenvalue weighted by atomic mass is 16.5. The predicted octanol–water partition coefficient (Wildman–Crippen LogP) is 2.54. The Kier molecular flexibility index (Phi) is 5.93. The number of carbonyl (C=O) groups is 3. The van der Waals surface area contributed by atoms with Gasteiger partial charge < -0.3 is 20.7 Å². The lowest BCUT2D eigenvalue weighted by molar-refractivity contribution is -0.125. The van der Waals surface area contributed by atoms with E-state index in [-0.39, 0.29) is 29.6 Å². The molecular weight excluding hydrogens is 358 g/mol. The van der Waals surface area contributed by atoms with E-state index in [9.17, 15) is 14.4 Å². The highest BCUT2D eigenvalue weighted by Crippen LogP contribution is 2.39. The van der Waals surface area contributed by atoms with Gasteiger partial charge in [-0.1, -0.05) is 24.3 Å². The summed E-state index contributed by atoms with van der Waals surface area (Å²) in [6, 6.07) is 14.4. The molecule has 0 spiro atoms. The summed E-state index contributed by atoms with van der Waals surface area (Å²) >= 11 is 0. The van der Waals surface area contributed by atoms with Crippen LogP contribution in [-0.2, 0) is 20.9 Å². The Morgan fingerprint density at radius 2 is 1.64 bits per heavy atom. The van der Waals surface area contributed by atoms with Gasteiger partial charge in [0.2, 0.25) is 17.7 Å². The summed E-state index contributed by atoms with van der Waals surface area (Å²) in [4.78, 5) is 35.9. The van der Waals surface area contributed by atoms with E-state index in [0.717, 1.165) is 5.56 Å². The summed E-state index contributed by atoms with van der Waals surface area (Å²) in [5.41, 5.74) is 2.07. The van der Waals surface area contributed by atoms with E-state index in [0.29, 0.717) is 30.1 Å². The summed E-state index contributed by atoms with van der Waals surface area (Å²) in [6.45, 7) is 1.77. The summed E-state index contributed by atoms with van der Waals surface area (Å²) in [5.74, 6) is -0.477. The zero-order valence-corrected chi connectivity index (χ0v) is 15.8. The summed E-state index contributed by atoms with van der Waals surface area (Å²) in [6.07, 6.45) is 0.523. The van der Waals surface area contributed by atoms with Crippen molar-refractivity contribution in [1.29, 1.82) is 0 Å². The first-order valence-corrected chi connectivity index (χ1v) is 9.06. The molecule has 146 valence electrons. The first-order valence-electron chi connectivity index (χ1n) is 9.06. The monoisotopic (exact) mass is 381 g/mol. The van der Waals surface area contributed by atoms with Gasteiger partial charge in [-0.05, 0) is 30.7 Å². The maximum Gasteiger partial charge on any atom is 0.228 e. The number of nitrogens with one attached hydrogen (secondary N) is 3. The maximum absolute atomic E-state index is 12.4. The van der Waals surface area contributed by atoms with Crippen molar-refractivity contribution in [2.75, 3.05) is 17.7 Å². The quantitative estimate of drug-likeness (QED) is 0.687. The van der Waals surface area contributed by atoms with Crippen molar-refractivity contribution in [1.82, 2.24) is 5.32 Å². The summed E-state index contributed by atoms with van der Waals surface area (Å²) < 4.78 is 5.27. The van der Waals surface area contributed by atoms with Crippen molar-refractivity contribution in [3.63, 3.8) is 0 Å². The van der Waals surface area contributed by atoms with Gasteiger partial charge in [0, 0.05) is 30.4 Å². The van der Waals surface area contributed by atoms with E-state index in [1.807, 2.05) is 24.3 Å². The van der Waals surface area contributed by atoms with Crippen LogP contribution in [0.15, 0.2) is 48.5 Å². The molecule has 0 saturated heterocycles. The van der Waals surface area contributed by atoms with Crippen LogP contribution in [-0.4, -0.2) is 24.8 Å². The lowest BCUT2D eigenvalue weighted by Crippen LogP contribution is -2.27. The Bertz CT molecular complexity index is 897. The molecule has 3 N–H and O–H groups in total. The fourth-order valence-corrected chi connectivity index (χ4v) is 3.05. The number of carbonyl (C=O) groups excluding carboxylic acids is 3. The molecule has 2 aromatic rings. The number of hydrogen-bond acceptors (Lipinski definition) is 4. The zero-order valence-electron chi connectivity index (χ0n) is 15.8. The molecule has 3 rings (SSSR count). The van der Waals surface area contributed by atoms with Crippen LogP contribution in [0.1, 0.15) is 18.9 Å². The van der Waals surface area contributed by atoms with Gasteiger partial charge in [-0.3, -0.25) is 14.4 Å². The molecule has 1 fully saturated rings. The molecule has 2 unspecified atom stereocenters. The second-order valence-corrected chi connectivity index (χ2v) is 6.73. The number of methoxy groups -OCH3 is 1. The highest BCUT2D eigenvalue weighted by molar-refractivity contribution is 6.00. The van der Waals surface area contributed by atoms with Crippen LogP contribution in [0.5, 0.6) is 5.75 Å². The zero-order chi connectivity index (χ0) is 20.1. The standard InChI is InChI=1S/C21H23N3O4/c1-13(25)23-15-7-5-8-16(10-15)24-21(27)18-11-17(18)20(26)22-12-14-6-3-4-9-19(14)28-2/h3-10,17-18H,11-12H2,1-2H3,(H,22,26)(H,23,25)(H,24,27). The normalized spacial score (nSPS) is 17.4. The molecule has 1 aliphatic carbocycles. The third-order valence-corrected chi connectivity index (χ3v) is 4.56. The van der Waals surface area contributed by atoms with Crippen molar-refractivity contribution < 1.29 is 19.1 Å². The fraction of sp³-hybridized carbons (Fsp3) is 0.286. The molecule has 0 heterocycles. The summed E-state index contributed by atoms with van der Waals surface area (Å²) in [7, 11) is 1.59. The van der Waals surface area contributed by atoms with Crippen LogP contribution in [0, 0.1) is 11.8 Å². The highest BCUT2D eigenvalue weighted by Gasteiger charge is 2.47. The number of para-hydroxylation sites is 1. The number of amides is 3. The molecule has 28 heavy (non-hydrogen) atoms. The number of ether oxygens (including phenoxy) is 1. The molecule has 3 amide bonds. The van der Waals surface area contributed by atoms with Crippen molar-refractivity contribution in [3.8, 4) is 5.75 Å². The van der Waals surface area contributed by atoms with Crippen molar-refractivity contribution in [2.45, 2.75) is 19.9 Å². The molecule has 0 radical (unpaired) electrons. The number of benzene rings is 2. The van der Waals surface area contributed by atoms with Crippen molar-refractivity contribution in [2.24, 2.45) is 11.8 Å². The van der Waals surface area contributed by atoms with Gasteiger partial charge >= 0.3 is 0 Å². The first kappa shape index (κ1) is 19.4. The Balaban J connectivity index is 1.51. The van der Waals surface area contributed by atoms with Crippen LogP contribution in [0.4, 0.5) is 11.4 Å². The van der Waals surface area contributed by atoms with Crippen LogP contribution in [0.2, 0.25) is 0 Å². The van der Waals surface area contributed by atoms with Gasteiger partial charge in [-0.15, -0.1) is 0 Å². The van der Waals surface area contributed by atoms with Crippen LogP contribution < -0.4 is 20.7 Å². The van der Waals surface area contributed by atoms with E-state index >= 15 is 0 Å². The predicted molar refractivity (Wildman–Crippen MR) is 106 cm³/mol. The summed E-state index contributed by atoms with van der Waals surface area (Å²) in [5, 5.41) is 8.34.